The number of ketones is 2. The zero-order valence-electron chi connectivity index (χ0n) is 35.0. The van der Waals surface area contributed by atoms with Crippen LogP contribution in [0.25, 0.3) is 22.5 Å². The molecule has 16 heteroatoms. The number of H-pyrrole nitrogens is 1. The van der Waals surface area contributed by atoms with Gasteiger partial charge in [0.05, 0.1) is 0 Å². The minimum atomic E-state index is -6.54. The zero-order valence-corrected chi connectivity index (χ0v) is 35.0. The molecule has 2 aliphatic carbocycles. The Morgan fingerprint density at radius 2 is 1.44 bits per heavy atom. The van der Waals surface area contributed by atoms with Gasteiger partial charge in [0.25, 0.3) is 0 Å². The number of aromatic amines is 1. The lowest BCUT2D eigenvalue weighted by atomic mass is 9.77. The van der Waals surface area contributed by atoms with Crippen LogP contribution in [0.1, 0.15) is 91.5 Å². The predicted octanol–water partition coefficient (Wildman–Crippen LogP) is 9.95. The van der Waals surface area contributed by atoms with Crippen molar-refractivity contribution in [3.8, 4) is 22.5 Å². The highest BCUT2D eigenvalue weighted by atomic mass is 19.4. The third-order valence-corrected chi connectivity index (χ3v) is 12.7. The average Bonchev–Trinajstić information content (AvgIpc) is 3.75. The summed E-state index contributed by atoms with van der Waals surface area (Å²) in [7, 11) is 4.21. The van der Waals surface area contributed by atoms with Gasteiger partial charge in [-0.1, -0.05) is 36.4 Å². The van der Waals surface area contributed by atoms with Crippen LogP contribution in [0.4, 0.5) is 36.4 Å². The lowest BCUT2D eigenvalue weighted by Crippen LogP contribution is -2.50. The molecule has 9 nitrogen and oxygen atoms in total. The van der Waals surface area contributed by atoms with Gasteiger partial charge in [-0.3, -0.25) is 19.5 Å². The van der Waals surface area contributed by atoms with Crippen LogP contribution in [0.15, 0.2) is 66.7 Å². The van der Waals surface area contributed by atoms with Crippen LogP contribution in [-0.4, -0.2) is 76.3 Å². The molecule has 4 aromatic rings. The summed E-state index contributed by atoms with van der Waals surface area (Å²) < 4.78 is 93.6. The normalized spacial score (nSPS) is 20.5. The number of aryl methyl sites for hydroxylation is 1. The Morgan fingerprint density at radius 3 is 2.02 bits per heavy atom. The quantitative estimate of drug-likeness (QED) is 0.0754. The summed E-state index contributed by atoms with van der Waals surface area (Å²) in [4.78, 5) is 46.2. The molecule has 62 heavy (non-hydrogen) atoms. The lowest BCUT2D eigenvalue weighted by Gasteiger charge is -2.32. The summed E-state index contributed by atoms with van der Waals surface area (Å²) in [5.74, 6) is -15.2. The topological polar surface area (TPSA) is 134 Å². The Kier molecular flexibility index (Phi) is 14.4. The van der Waals surface area contributed by atoms with E-state index in [4.69, 9.17) is 5.73 Å². The van der Waals surface area contributed by atoms with E-state index in [0.717, 1.165) is 60.8 Å². The molecule has 2 fully saturated rings. The number of nitrogens with two attached hydrogens (primary N) is 1. The third-order valence-electron chi connectivity index (χ3n) is 12.7. The molecule has 2 saturated carbocycles. The van der Waals surface area contributed by atoms with Crippen molar-refractivity contribution in [2.75, 3.05) is 26.0 Å². The van der Waals surface area contributed by atoms with E-state index in [1.807, 2.05) is 49.4 Å². The number of halogens is 7. The molecule has 334 valence electrons. The number of rotatable bonds is 16. The third kappa shape index (κ3) is 10.6. The van der Waals surface area contributed by atoms with Crippen LogP contribution in [-0.2, 0) is 21.9 Å². The predicted molar refractivity (Wildman–Crippen MR) is 222 cm³/mol. The molecule has 3 aromatic carbocycles. The number of alkyl halides is 7. The van der Waals surface area contributed by atoms with Gasteiger partial charge in [-0.15, -0.1) is 0 Å². The van der Waals surface area contributed by atoms with Crippen molar-refractivity contribution in [1.82, 2.24) is 20.1 Å². The van der Waals surface area contributed by atoms with Gasteiger partial charge >= 0.3 is 18.0 Å². The standard InChI is InChI=1S/C46H53F7N6O3/c1-27-22-34(39(60)24-29-8-19-37(20-9-29)59(2)3)16-21-38(27)31-10-4-28(5-11-31)23-35(25-40(61)32-12-6-30(26-54)7-13-32)42(62)55-36-17-14-33(15-18-36)41-56-43(58-57-41)44(47,48)45(49,50)46(51,52)53/h4-5,10-11,14-18,21-22,29-30,32,35,37H,6-9,12-13,19-20,23-26,54H2,1-3H3,(H,55,62)(H,56,57,58)/t29?,30?,32?,35-,37?/m1/s1. The second-order valence-corrected chi connectivity index (χ2v) is 17.2. The molecular weight excluding hydrogens is 818 g/mol. The van der Waals surface area contributed by atoms with Gasteiger partial charge in [-0.2, -0.15) is 35.8 Å². The molecule has 4 N–H and O–H groups in total. The second kappa shape index (κ2) is 19.2. The molecule has 0 unspecified atom stereocenters. The molecule has 0 saturated heterocycles. The Balaban J connectivity index is 1.13. The number of carbonyl (C=O) groups is 3. The van der Waals surface area contributed by atoms with Crippen LogP contribution in [0.3, 0.4) is 0 Å². The molecule has 0 spiro atoms. The summed E-state index contributed by atoms with van der Waals surface area (Å²) in [6.07, 6.45) is 1.55. The minimum absolute atomic E-state index is 0.00844. The van der Waals surface area contributed by atoms with Crippen molar-refractivity contribution in [1.29, 1.82) is 0 Å². The van der Waals surface area contributed by atoms with Crippen LogP contribution in [0.5, 0.6) is 0 Å². The Hall–Kier alpha value is -4.96. The van der Waals surface area contributed by atoms with Crippen molar-refractivity contribution >= 4 is 23.2 Å². The lowest BCUT2D eigenvalue weighted by molar-refractivity contribution is -0.361. The minimum Gasteiger partial charge on any atom is -0.330 e. The molecule has 1 heterocycles. The number of benzene rings is 3. The van der Waals surface area contributed by atoms with Gasteiger partial charge in [0.2, 0.25) is 11.7 Å². The van der Waals surface area contributed by atoms with Gasteiger partial charge in [0.15, 0.2) is 11.6 Å². The molecule has 1 aromatic heterocycles. The molecule has 0 radical (unpaired) electrons. The van der Waals surface area contributed by atoms with E-state index in [0.29, 0.717) is 49.2 Å². The number of nitrogens with one attached hydrogen (secondary N) is 2. The average molecular weight is 871 g/mol. The van der Waals surface area contributed by atoms with Crippen molar-refractivity contribution in [3.63, 3.8) is 0 Å². The fourth-order valence-corrected chi connectivity index (χ4v) is 8.70. The second-order valence-electron chi connectivity index (χ2n) is 17.2. The summed E-state index contributed by atoms with van der Waals surface area (Å²) in [5.41, 5.74) is 10.5. The van der Waals surface area contributed by atoms with E-state index in [1.54, 1.807) is 0 Å². The number of nitrogens with zero attached hydrogens (tertiary/aromatic N) is 3. The number of anilines is 1. The van der Waals surface area contributed by atoms with Gasteiger partial charge in [-0.25, -0.2) is 4.98 Å². The van der Waals surface area contributed by atoms with Gasteiger partial charge in [-0.05, 0) is 150 Å². The fraction of sp³-hybridized carbons (Fsp3) is 0.500. The number of hydrogen-bond donors (Lipinski definition) is 3. The maximum Gasteiger partial charge on any atom is 0.460 e. The van der Waals surface area contributed by atoms with E-state index >= 15 is 0 Å². The molecule has 1 amide bonds. The Labute approximate surface area is 356 Å². The smallest absolute Gasteiger partial charge is 0.330 e. The van der Waals surface area contributed by atoms with Crippen molar-refractivity contribution < 1.29 is 45.1 Å². The maximum absolute atomic E-state index is 14.2. The van der Waals surface area contributed by atoms with Crippen LogP contribution < -0.4 is 11.1 Å². The highest BCUT2D eigenvalue weighted by Gasteiger charge is 2.75. The Bertz CT molecular complexity index is 2170. The number of hydrogen-bond acceptors (Lipinski definition) is 7. The van der Waals surface area contributed by atoms with Gasteiger partial charge in [0.1, 0.15) is 5.78 Å². The van der Waals surface area contributed by atoms with E-state index in [2.05, 4.69) is 34.4 Å². The van der Waals surface area contributed by atoms with Crippen LogP contribution >= 0.6 is 0 Å². The van der Waals surface area contributed by atoms with Crippen LogP contribution in [0, 0.1) is 30.6 Å². The summed E-state index contributed by atoms with van der Waals surface area (Å²) in [6, 6.07) is 19.3. The zero-order chi connectivity index (χ0) is 45.0. The molecule has 0 aliphatic heterocycles. The SMILES string of the molecule is Cc1cc(C(=O)CC2CCC(N(C)C)CC2)ccc1-c1ccc(C[C@H](CC(=O)C2CCC(CN)CC2)C(=O)Nc2ccc(-c3n[nH]c(C(F)(F)C(F)(F)C(F)(F)F)n3)cc2)cc1. The van der Waals surface area contributed by atoms with Gasteiger partial charge in [0, 0.05) is 47.5 Å². The molecular formula is C46H53F7N6O3. The highest BCUT2D eigenvalue weighted by molar-refractivity contribution is 5.97. The highest BCUT2D eigenvalue weighted by Crippen LogP contribution is 2.51. The number of aromatic nitrogens is 3. The number of carbonyl (C=O) groups excluding carboxylic acids is 3. The number of Topliss-reactive ketones (excluding diaryl/α,β-unsaturated/α-hetero) is 2. The van der Waals surface area contributed by atoms with E-state index < -0.39 is 41.5 Å². The van der Waals surface area contributed by atoms with E-state index in [9.17, 15) is 45.1 Å². The molecule has 1 atom stereocenters. The molecule has 6 rings (SSSR count). The summed E-state index contributed by atoms with van der Waals surface area (Å²) >= 11 is 0. The van der Waals surface area contributed by atoms with Gasteiger partial charge < -0.3 is 16.0 Å². The summed E-state index contributed by atoms with van der Waals surface area (Å²) in [5, 5.41) is 7.68. The fourth-order valence-electron chi connectivity index (χ4n) is 8.70. The first-order chi connectivity index (χ1) is 29.3. The summed E-state index contributed by atoms with van der Waals surface area (Å²) in [6.45, 7) is 2.53. The largest absolute Gasteiger partial charge is 0.460 e. The van der Waals surface area contributed by atoms with Crippen molar-refractivity contribution in [3.05, 3.63) is 89.2 Å². The maximum atomic E-state index is 14.2. The first-order valence-corrected chi connectivity index (χ1v) is 21.1. The monoisotopic (exact) mass is 870 g/mol. The molecule has 2 aliphatic rings. The van der Waals surface area contributed by atoms with Crippen LogP contribution in [0.2, 0.25) is 0 Å². The number of amides is 1. The molecule has 0 bridgehead atoms. The first kappa shape index (κ1) is 46.5. The Morgan fingerprint density at radius 1 is 0.823 bits per heavy atom. The van der Waals surface area contributed by atoms with Crippen molar-refractivity contribution in [2.45, 2.75) is 102 Å². The van der Waals surface area contributed by atoms with Crippen molar-refractivity contribution in [2.24, 2.45) is 29.4 Å². The van der Waals surface area contributed by atoms with E-state index in [-0.39, 0.29) is 41.6 Å². The first-order valence-electron chi connectivity index (χ1n) is 21.1. The van der Waals surface area contributed by atoms with E-state index in [1.165, 1.54) is 29.4 Å².